The highest BCUT2D eigenvalue weighted by molar-refractivity contribution is 6.36. The lowest BCUT2D eigenvalue weighted by Gasteiger charge is -2.13. The van der Waals surface area contributed by atoms with Crippen LogP contribution in [0.3, 0.4) is 0 Å². The Balaban J connectivity index is 0.000000178. The molecule has 0 aliphatic carbocycles. The SMILES string of the molecule is CNC(=O)c1cc2c(Cl)ccnc2cc1OC.CNC(=O)c1cc2c(Oc3ccc(N)cc3F)ccnc2cc1OC.COC(=O)c1cc2c(Cl)ccnc2cc1OC.Nc1ccc(O)c(F)c1. The van der Waals surface area contributed by atoms with Crippen molar-refractivity contribution < 1.29 is 52.0 Å². The maximum atomic E-state index is 14.0. The van der Waals surface area contributed by atoms with Gasteiger partial charge in [0.2, 0.25) is 0 Å². The lowest BCUT2D eigenvalue weighted by Crippen LogP contribution is -2.18. The van der Waals surface area contributed by atoms with Crippen LogP contribution in [0.25, 0.3) is 32.7 Å². The summed E-state index contributed by atoms with van der Waals surface area (Å²) in [5.74, 6) is -0.967. The molecule has 5 aromatic carbocycles. The number of carbonyl (C=O) groups excluding carboxylic acids is 3. The molecule has 0 atom stereocenters. The Morgan fingerprint density at radius 2 is 0.971 bits per heavy atom. The highest BCUT2D eigenvalue weighted by atomic mass is 35.5. The van der Waals surface area contributed by atoms with E-state index in [4.69, 9.17) is 58.7 Å². The van der Waals surface area contributed by atoms with Crippen LogP contribution in [0.5, 0.6) is 34.5 Å². The van der Waals surface area contributed by atoms with Crippen LogP contribution < -0.4 is 41.0 Å². The summed E-state index contributed by atoms with van der Waals surface area (Å²) >= 11 is 12.1. The number of esters is 1. The number of amides is 2. The van der Waals surface area contributed by atoms with Gasteiger partial charge in [-0.15, -0.1) is 0 Å². The number of aromatic nitrogens is 3. The Morgan fingerprint density at radius 3 is 1.41 bits per heavy atom. The number of rotatable bonds is 8. The molecule has 68 heavy (non-hydrogen) atoms. The molecular formula is C48H43Cl2F2N7O9. The van der Waals surface area contributed by atoms with Gasteiger partial charge in [-0.05, 0) is 60.7 Å². The van der Waals surface area contributed by atoms with Crippen molar-refractivity contribution in [2.24, 2.45) is 0 Å². The molecule has 0 unspecified atom stereocenters. The fourth-order valence-electron chi connectivity index (χ4n) is 6.16. The number of nitrogens with zero attached hydrogens (tertiary/aromatic N) is 3. The first-order valence-electron chi connectivity index (χ1n) is 19.8. The Labute approximate surface area is 397 Å². The fourth-order valence-corrected chi connectivity index (χ4v) is 6.57. The largest absolute Gasteiger partial charge is 0.505 e. The summed E-state index contributed by atoms with van der Waals surface area (Å²) in [6, 6.07) is 22.7. The smallest absolute Gasteiger partial charge is 0.341 e. The molecule has 3 aromatic heterocycles. The number of benzene rings is 5. The minimum absolute atomic E-state index is 0.0269. The summed E-state index contributed by atoms with van der Waals surface area (Å²) in [5.41, 5.74) is 14.4. The van der Waals surface area contributed by atoms with Gasteiger partial charge in [0.15, 0.2) is 23.1 Å². The number of methoxy groups -OCH3 is 4. The summed E-state index contributed by atoms with van der Waals surface area (Å²) in [6.45, 7) is 0. The topological polar surface area (TPSA) is 232 Å². The van der Waals surface area contributed by atoms with E-state index in [2.05, 4.69) is 30.3 Å². The van der Waals surface area contributed by atoms with E-state index in [9.17, 15) is 23.2 Å². The van der Waals surface area contributed by atoms with Crippen molar-refractivity contribution in [3.05, 3.63) is 148 Å². The Kier molecular flexibility index (Phi) is 17.4. The number of phenolic OH excluding ortho intramolecular Hbond substituents is 1. The number of hydrogen-bond acceptors (Lipinski definition) is 14. The van der Waals surface area contributed by atoms with Crippen LogP contribution in [-0.4, -0.2) is 80.4 Å². The summed E-state index contributed by atoms with van der Waals surface area (Å²) < 4.78 is 52.2. The minimum atomic E-state index is -0.685. The van der Waals surface area contributed by atoms with Crippen LogP contribution in [0.1, 0.15) is 31.1 Å². The third kappa shape index (κ3) is 12.2. The second kappa shape index (κ2) is 23.3. The molecule has 16 nitrogen and oxygen atoms in total. The zero-order chi connectivity index (χ0) is 49.7. The zero-order valence-corrected chi connectivity index (χ0v) is 38.6. The predicted molar refractivity (Wildman–Crippen MR) is 256 cm³/mol. The molecule has 0 saturated carbocycles. The highest BCUT2D eigenvalue weighted by Gasteiger charge is 2.18. The molecule has 8 rings (SSSR count). The Morgan fingerprint density at radius 1 is 0.544 bits per heavy atom. The van der Waals surface area contributed by atoms with Crippen LogP contribution in [-0.2, 0) is 4.74 Å². The van der Waals surface area contributed by atoms with Gasteiger partial charge in [0.1, 0.15) is 28.6 Å². The van der Waals surface area contributed by atoms with Crippen LogP contribution in [0, 0.1) is 11.6 Å². The lowest BCUT2D eigenvalue weighted by atomic mass is 10.1. The molecular weight excluding hydrogens is 927 g/mol. The number of ether oxygens (including phenoxy) is 5. The molecule has 0 fully saturated rings. The number of phenols is 1. The van der Waals surface area contributed by atoms with E-state index in [-0.39, 0.29) is 23.3 Å². The van der Waals surface area contributed by atoms with E-state index in [0.717, 1.165) is 11.5 Å². The molecule has 0 radical (unpaired) electrons. The molecule has 0 aliphatic rings. The van der Waals surface area contributed by atoms with Crippen molar-refractivity contribution in [2.45, 2.75) is 0 Å². The molecule has 0 bridgehead atoms. The molecule has 3 heterocycles. The van der Waals surface area contributed by atoms with Crippen LogP contribution in [0.4, 0.5) is 20.2 Å². The maximum Gasteiger partial charge on any atom is 0.341 e. The van der Waals surface area contributed by atoms with Crippen LogP contribution in [0.2, 0.25) is 10.0 Å². The number of nitrogens with two attached hydrogens (primary N) is 2. The van der Waals surface area contributed by atoms with Gasteiger partial charge in [-0.25, -0.2) is 13.6 Å². The first-order valence-corrected chi connectivity index (χ1v) is 20.5. The number of halogens is 4. The molecule has 7 N–H and O–H groups in total. The van der Waals surface area contributed by atoms with Gasteiger partial charge < -0.3 is 50.9 Å². The fraction of sp³-hybridized carbons (Fsp3) is 0.125. The summed E-state index contributed by atoms with van der Waals surface area (Å²) in [5, 5.41) is 16.8. The summed E-state index contributed by atoms with van der Waals surface area (Å²) in [6.07, 6.45) is 4.75. The average Bonchev–Trinajstić information content (AvgIpc) is 3.35. The first-order chi connectivity index (χ1) is 32.6. The number of aromatic hydroxyl groups is 1. The Hall–Kier alpha value is -8.22. The molecule has 0 aliphatic heterocycles. The monoisotopic (exact) mass is 969 g/mol. The number of hydrogen-bond donors (Lipinski definition) is 5. The number of carbonyl (C=O) groups is 3. The number of nitrogens with one attached hydrogen (secondary N) is 2. The molecule has 352 valence electrons. The van der Waals surface area contributed by atoms with Gasteiger partial charge in [-0.1, -0.05) is 23.2 Å². The van der Waals surface area contributed by atoms with Gasteiger partial charge in [-0.2, -0.15) is 0 Å². The number of fused-ring (bicyclic) bond motifs is 3. The number of anilines is 2. The van der Waals surface area contributed by atoms with E-state index in [1.807, 2.05) is 0 Å². The third-order valence-corrected chi connectivity index (χ3v) is 10.2. The van der Waals surface area contributed by atoms with Crippen LogP contribution >= 0.6 is 23.2 Å². The normalized spacial score (nSPS) is 10.3. The number of pyridine rings is 3. The van der Waals surface area contributed by atoms with Crippen molar-refractivity contribution in [1.29, 1.82) is 0 Å². The predicted octanol–water partition coefficient (Wildman–Crippen LogP) is 9.17. The van der Waals surface area contributed by atoms with Gasteiger partial charge in [0.05, 0.1) is 66.2 Å². The van der Waals surface area contributed by atoms with Crippen molar-refractivity contribution in [1.82, 2.24) is 25.6 Å². The summed E-state index contributed by atoms with van der Waals surface area (Å²) in [4.78, 5) is 47.9. The molecule has 2 amide bonds. The van der Waals surface area contributed by atoms with Crippen molar-refractivity contribution in [2.75, 3.05) is 54.0 Å². The first kappa shape index (κ1) is 50.8. The van der Waals surface area contributed by atoms with E-state index in [0.29, 0.717) is 88.4 Å². The highest BCUT2D eigenvalue weighted by Crippen LogP contribution is 2.35. The standard InChI is InChI=1S/C18H16FN3O3.C12H11ClN2O2.C12H10ClNO3.C6H6FNO/c1-21-18(23)12-8-11-14(9-17(12)24-2)22-6-5-15(11)25-16-4-3-10(20)7-13(16)19;1-14-12(16)8-5-7-9(13)3-4-15-10(7)6-11(8)17-2;1-16-11-6-10-7(9(13)3-4-14-10)5-8(11)12(15)17-2;7-5-3-4(8)1-2-6(5)9/h3-9H,20H2,1-2H3,(H,21,23);3-6H,1-2H3,(H,14,16);3-6H,1-2H3;1-3,9H,8H2. The van der Waals surface area contributed by atoms with Gasteiger partial charge in [0.25, 0.3) is 11.8 Å². The summed E-state index contributed by atoms with van der Waals surface area (Å²) in [7, 11) is 8.87. The molecule has 0 spiro atoms. The number of nitrogen functional groups attached to an aromatic ring is 2. The van der Waals surface area contributed by atoms with Crippen molar-refractivity contribution in [3.63, 3.8) is 0 Å². The molecule has 0 saturated heterocycles. The van der Waals surface area contributed by atoms with E-state index < -0.39 is 17.6 Å². The molecule has 8 aromatic rings. The second-order valence-corrected chi connectivity index (χ2v) is 14.6. The quantitative estimate of drug-likeness (QED) is 0.0543. The lowest BCUT2D eigenvalue weighted by molar-refractivity contribution is 0.0597. The third-order valence-electron chi connectivity index (χ3n) is 9.54. The molecule has 20 heteroatoms. The zero-order valence-electron chi connectivity index (χ0n) is 37.1. The van der Waals surface area contributed by atoms with Gasteiger partial charge in [0, 0.05) is 90.6 Å². The van der Waals surface area contributed by atoms with Crippen molar-refractivity contribution >= 4 is 85.1 Å². The van der Waals surface area contributed by atoms with E-state index in [1.54, 1.807) is 80.1 Å². The minimum Gasteiger partial charge on any atom is -0.505 e. The van der Waals surface area contributed by atoms with E-state index >= 15 is 0 Å². The van der Waals surface area contributed by atoms with Crippen LogP contribution in [0.15, 0.2) is 110 Å². The van der Waals surface area contributed by atoms with Crippen molar-refractivity contribution in [3.8, 4) is 34.5 Å². The van der Waals surface area contributed by atoms with Gasteiger partial charge in [-0.3, -0.25) is 24.5 Å². The van der Waals surface area contributed by atoms with E-state index in [1.165, 1.54) is 65.9 Å². The second-order valence-electron chi connectivity index (χ2n) is 13.8. The Bertz CT molecular complexity index is 3040. The average molecular weight is 971 g/mol. The van der Waals surface area contributed by atoms with Gasteiger partial charge >= 0.3 is 5.97 Å². The maximum absolute atomic E-state index is 14.0.